The highest BCUT2D eigenvalue weighted by Gasteiger charge is 2.24. The number of phenolic OH excluding ortho intramolecular Hbond substituents is 4. The highest BCUT2D eigenvalue weighted by molar-refractivity contribution is 6.02. The molecule has 1 heterocycles. The van der Waals surface area contributed by atoms with E-state index in [9.17, 15) is 25.2 Å². The lowest BCUT2D eigenvalue weighted by molar-refractivity contribution is 0.0977. The number of benzene rings is 2. The van der Waals surface area contributed by atoms with Crippen LogP contribution >= 0.6 is 0 Å². The SMILES string of the molecule is CC1=CCc2c(cc(O)c(C(=O)CCc3ccc(O)c(O)c3)c2O)OC1. The van der Waals surface area contributed by atoms with Gasteiger partial charge < -0.3 is 25.2 Å². The van der Waals surface area contributed by atoms with Crippen molar-refractivity contribution in [3.8, 4) is 28.7 Å². The molecule has 0 unspecified atom stereocenters. The van der Waals surface area contributed by atoms with Gasteiger partial charge in [0.25, 0.3) is 0 Å². The molecule has 0 saturated heterocycles. The maximum Gasteiger partial charge on any atom is 0.170 e. The Morgan fingerprint density at radius 3 is 2.58 bits per heavy atom. The summed E-state index contributed by atoms with van der Waals surface area (Å²) < 4.78 is 5.56. The van der Waals surface area contributed by atoms with Crippen molar-refractivity contribution in [2.24, 2.45) is 0 Å². The molecule has 0 saturated carbocycles. The highest BCUT2D eigenvalue weighted by Crippen LogP contribution is 2.40. The molecule has 0 radical (unpaired) electrons. The molecule has 0 bridgehead atoms. The molecule has 0 aliphatic carbocycles. The predicted octanol–water partition coefficient (Wildman–Crippen LogP) is 3.21. The van der Waals surface area contributed by atoms with Gasteiger partial charge in [-0.25, -0.2) is 0 Å². The normalized spacial score (nSPS) is 13.3. The molecule has 0 atom stereocenters. The van der Waals surface area contributed by atoms with E-state index in [1.807, 2.05) is 13.0 Å². The third-order valence-electron chi connectivity index (χ3n) is 4.41. The van der Waals surface area contributed by atoms with E-state index in [0.29, 0.717) is 29.9 Å². The van der Waals surface area contributed by atoms with Crippen molar-refractivity contribution in [1.29, 1.82) is 0 Å². The molecule has 4 N–H and O–H groups in total. The Bertz CT molecular complexity index is 898. The molecule has 0 aromatic heterocycles. The molecule has 2 aromatic rings. The van der Waals surface area contributed by atoms with Gasteiger partial charge in [-0.3, -0.25) is 4.79 Å². The molecule has 6 heteroatoms. The molecule has 0 spiro atoms. The summed E-state index contributed by atoms with van der Waals surface area (Å²) in [6, 6.07) is 5.68. The van der Waals surface area contributed by atoms with Crippen LogP contribution in [0.1, 0.15) is 34.8 Å². The Kier molecular flexibility index (Phi) is 4.75. The lowest BCUT2D eigenvalue weighted by Crippen LogP contribution is -2.05. The minimum absolute atomic E-state index is 0.0276. The summed E-state index contributed by atoms with van der Waals surface area (Å²) in [5, 5.41) is 39.6. The zero-order chi connectivity index (χ0) is 18.8. The van der Waals surface area contributed by atoms with Crippen LogP contribution in [0.25, 0.3) is 0 Å². The van der Waals surface area contributed by atoms with E-state index in [-0.39, 0.29) is 41.4 Å². The van der Waals surface area contributed by atoms with Gasteiger partial charge in [0.05, 0.1) is 0 Å². The van der Waals surface area contributed by atoms with Crippen molar-refractivity contribution >= 4 is 5.78 Å². The number of aryl methyl sites for hydroxylation is 1. The van der Waals surface area contributed by atoms with Crippen LogP contribution in [0.5, 0.6) is 28.7 Å². The second-order valence-electron chi connectivity index (χ2n) is 6.39. The van der Waals surface area contributed by atoms with Crippen LogP contribution < -0.4 is 4.74 Å². The van der Waals surface area contributed by atoms with Crippen LogP contribution in [0.2, 0.25) is 0 Å². The molecule has 2 aromatic carbocycles. The molecular weight excluding hydrogens is 336 g/mol. The number of ether oxygens (including phenoxy) is 1. The van der Waals surface area contributed by atoms with Gasteiger partial charge in [0.2, 0.25) is 0 Å². The summed E-state index contributed by atoms with van der Waals surface area (Å²) in [7, 11) is 0. The van der Waals surface area contributed by atoms with Gasteiger partial charge in [-0.1, -0.05) is 12.1 Å². The Hall–Kier alpha value is -3.15. The maximum absolute atomic E-state index is 12.6. The van der Waals surface area contributed by atoms with Gasteiger partial charge in [0, 0.05) is 18.1 Å². The number of ketones is 1. The number of allylic oxidation sites excluding steroid dienone is 1. The van der Waals surface area contributed by atoms with Crippen LogP contribution in [0.4, 0.5) is 0 Å². The topological polar surface area (TPSA) is 107 Å². The Balaban J connectivity index is 1.84. The fraction of sp³-hybridized carbons (Fsp3) is 0.250. The van der Waals surface area contributed by atoms with Crippen molar-refractivity contribution in [3.05, 3.63) is 52.6 Å². The molecule has 1 aliphatic heterocycles. The highest BCUT2D eigenvalue weighted by atomic mass is 16.5. The number of hydrogen-bond donors (Lipinski definition) is 4. The second kappa shape index (κ2) is 7.00. The predicted molar refractivity (Wildman–Crippen MR) is 95.2 cm³/mol. The molecule has 6 nitrogen and oxygen atoms in total. The summed E-state index contributed by atoms with van der Waals surface area (Å²) in [4.78, 5) is 12.6. The molecule has 1 aliphatic rings. The number of phenols is 4. The average molecular weight is 356 g/mol. The van der Waals surface area contributed by atoms with E-state index >= 15 is 0 Å². The number of rotatable bonds is 4. The zero-order valence-corrected chi connectivity index (χ0v) is 14.3. The Morgan fingerprint density at radius 2 is 1.85 bits per heavy atom. The fourth-order valence-electron chi connectivity index (χ4n) is 2.91. The van der Waals surface area contributed by atoms with E-state index < -0.39 is 5.78 Å². The van der Waals surface area contributed by atoms with Crippen molar-refractivity contribution in [2.45, 2.75) is 26.2 Å². The summed E-state index contributed by atoms with van der Waals surface area (Å²) in [6.07, 6.45) is 2.65. The summed E-state index contributed by atoms with van der Waals surface area (Å²) in [5.41, 5.74) is 2.01. The van der Waals surface area contributed by atoms with E-state index in [1.54, 1.807) is 6.07 Å². The Morgan fingerprint density at radius 1 is 1.08 bits per heavy atom. The lowest BCUT2D eigenvalue weighted by Gasteiger charge is -2.14. The van der Waals surface area contributed by atoms with E-state index in [2.05, 4.69) is 0 Å². The summed E-state index contributed by atoms with van der Waals surface area (Å²) in [6.45, 7) is 2.27. The number of fused-ring (bicyclic) bond motifs is 1. The maximum atomic E-state index is 12.6. The second-order valence-corrected chi connectivity index (χ2v) is 6.39. The van der Waals surface area contributed by atoms with Crippen molar-refractivity contribution < 1.29 is 30.0 Å². The summed E-state index contributed by atoms with van der Waals surface area (Å²) in [5.74, 6) is -1.12. The first-order valence-electron chi connectivity index (χ1n) is 8.27. The molecule has 3 rings (SSSR count). The number of carbonyl (C=O) groups excluding carboxylic acids is 1. The van der Waals surface area contributed by atoms with Crippen molar-refractivity contribution in [1.82, 2.24) is 0 Å². The number of carbonyl (C=O) groups is 1. The van der Waals surface area contributed by atoms with Gasteiger partial charge in [-0.2, -0.15) is 0 Å². The number of hydrogen-bond acceptors (Lipinski definition) is 6. The van der Waals surface area contributed by atoms with Gasteiger partial charge >= 0.3 is 0 Å². The number of aromatic hydroxyl groups is 4. The minimum Gasteiger partial charge on any atom is -0.507 e. The molecule has 26 heavy (non-hydrogen) atoms. The summed E-state index contributed by atoms with van der Waals surface area (Å²) >= 11 is 0. The van der Waals surface area contributed by atoms with Crippen molar-refractivity contribution in [2.75, 3.05) is 6.61 Å². The first-order chi connectivity index (χ1) is 12.4. The zero-order valence-electron chi connectivity index (χ0n) is 14.3. The Labute approximate surface area is 150 Å². The molecule has 0 amide bonds. The van der Waals surface area contributed by atoms with Gasteiger partial charge in [-0.05, 0) is 43.0 Å². The van der Waals surface area contributed by atoms with E-state index in [1.165, 1.54) is 18.2 Å². The van der Waals surface area contributed by atoms with Crippen molar-refractivity contribution in [3.63, 3.8) is 0 Å². The van der Waals surface area contributed by atoms with Crippen LogP contribution in [-0.4, -0.2) is 32.8 Å². The van der Waals surface area contributed by atoms with Gasteiger partial charge in [0.15, 0.2) is 17.3 Å². The molecule has 0 fully saturated rings. The van der Waals surface area contributed by atoms with Crippen LogP contribution in [0.15, 0.2) is 35.9 Å². The fourth-order valence-corrected chi connectivity index (χ4v) is 2.91. The quantitative estimate of drug-likeness (QED) is 0.381. The molecule has 136 valence electrons. The van der Waals surface area contributed by atoms with Crippen LogP contribution in [0, 0.1) is 0 Å². The third-order valence-corrected chi connectivity index (χ3v) is 4.41. The largest absolute Gasteiger partial charge is 0.507 e. The smallest absolute Gasteiger partial charge is 0.170 e. The standard InChI is InChI=1S/C20H20O6/c1-11-2-5-13-18(26-10-11)9-17(24)19(20(13)25)15(22)7-4-12-3-6-14(21)16(23)8-12/h2-3,6,8-9,21,23-25H,4-5,7,10H2,1H3. The lowest BCUT2D eigenvalue weighted by atomic mass is 9.97. The molecular formula is C20H20O6. The monoisotopic (exact) mass is 356 g/mol. The van der Waals surface area contributed by atoms with E-state index in [0.717, 1.165) is 5.57 Å². The minimum atomic E-state index is -0.416. The van der Waals surface area contributed by atoms with Gasteiger partial charge in [0.1, 0.15) is 29.4 Å². The number of Topliss-reactive ketones (excluding diaryl/α,β-unsaturated/α-hetero) is 1. The van der Waals surface area contributed by atoms with Gasteiger partial charge in [-0.15, -0.1) is 0 Å². The van der Waals surface area contributed by atoms with E-state index in [4.69, 9.17) is 4.74 Å². The van der Waals surface area contributed by atoms with Crippen LogP contribution in [0.3, 0.4) is 0 Å². The first-order valence-corrected chi connectivity index (χ1v) is 8.27. The third kappa shape index (κ3) is 3.44. The van der Waals surface area contributed by atoms with Crippen LogP contribution in [-0.2, 0) is 12.8 Å². The first kappa shape index (κ1) is 17.7. The average Bonchev–Trinajstić information content (AvgIpc) is 2.78.